The van der Waals surface area contributed by atoms with Crippen LogP contribution in [-0.2, 0) is 4.74 Å². The number of para-hydroxylation sites is 2. The van der Waals surface area contributed by atoms with Crippen molar-refractivity contribution >= 4 is 23.0 Å². The van der Waals surface area contributed by atoms with E-state index < -0.39 is 0 Å². The van der Waals surface area contributed by atoms with E-state index in [4.69, 9.17) is 4.74 Å². The standard InChI is InChI=1S/C20H26N4O2/c1-15(2)12-22-20(25)16-11-17(14-21-13-16)23-18-5-3-4-6-19(18)24-7-9-26-10-8-24/h3-6,11,13-15,23H,7-10,12H2,1-2H3,(H,22,25). The highest BCUT2D eigenvalue weighted by atomic mass is 16.5. The topological polar surface area (TPSA) is 66.5 Å². The number of rotatable bonds is 6. The number of aromatic nitrogens is 1. The summed E-state index contributed by atoms with van der Waals surface area (Å²) in [6.07, 6.45) is 3.32. The minimum atomic E-state index is -0.101. The molecule has 0 unspecified atom stereocenters. The fourth-order valence-corrected chi connectivity index (χ4v) is 2.85. The molecule has 2 N–H and O–H groups in total. The van der Waals surface area contributed by atoms with Gasteiger partial charge in [0.1, 0.15) is 0 Å². The number of morpholine rings is 1. The first-order valence-electron chi connectivity index (χ1n) is 9.05. The molecule has 6 nitrogen and oxygen atoms in total. The number of carbonyl (C=O) groups excluding carboxylic acids is 1. The average molecular weight is 354 g/mol. The molecule has 2 heterocycles. The predicted molar refractivity (Wildman–Crippen MR) is 104 cm³/mol. The second kappa shape index (κ2) is 8.67. The SMILES string of the molecule is CC(C)CNC(=O)c1cncc(Nc2ccccc2N2CCOCC2)c1. The Morgan fingerprint density at radius 3 is 2.77 bits per heavy atom. The molecule has 1 aromatic heterocycles. The maximum absolute atomic E-state index is 12.3. The third-order valence-electron chi connectivity index (χ3n) is 4.21. The van der Waals surface area contributed by atoms with Crippen LogP contribution >= 0.6 is 0 Å². The van der Waals surface area contributed by atoms with Gasteiger partial charge in [-0.25, -0.2) is 0 Å². The summed E-state index contributed by atoms with van der Waals surface area (Å²) in [4.78, 5) is 18.8. The molecule has 0 spiro atoms. The van der Waals surface area contributed by atoms with Crippen molar-refractivity contribution in [1.29, 1.82) is 0 Å². The second-order valence-electron chi connectivity index (χ2n) is 6.81. The molecule has 6 heteroatoms. The summed E-state index contributed by atoms with van der Waals surface area (Å²) in [6.45, 7) is 8.00. The molecule has 1 aliphatic rings. The highest BCUT2D eigenvalue weighted by Gasteiger charge is 2.15. The zero-order valence-electron chi connectivity index (χ0n) is 15.4. The Bertz CT molecular complexity index is 742. The molecule has 1 aromatic carbocycles. The predicted octanol–water partition coefficient (Wildman–Crippen LogP) is 3.05. The van der Waals surface area contributed by atoms with Crippen molar-refractivity contribution in [3.05, 3.63) is 48.3 Å². The Morgan fingerprint density at radius 2 is 2.00 bits per heavy atom. The normalized spacial score (nSPS) is 14.3. The second-order valence-corrected chi connectivity index (χ2v) is 6.81. The molecule has 0 radical (unpaired) electrons. The summed E-state index contributed by atoms with van der Waals surface area (Å²) in [5.74, 6) is 0.310. The molecule has 0 aliphatic carbocycles. The quantitative estimate of drug-likeness (QED) is 0.835. The number of nitrogens with one attached hydrogen (secondary N) is 2. The van der Waals surface area contributed by atoms with Crippen LogP contribution in [0.2, 0.25) is 0 Å². The Labute approximate surface area is 154 Å². The van der Waals surface area contributed by atoms with Crippen LogP contribution in [0.25, 0.3) is 0 Å². The summed E-state index contributed by atoms with van der Waals surface area (Å²) in [5.41, 5.74) is 3.48. The summed E-state index contributed by atoms with van der Waals surface area (Å²) in [6, 6.07) is 10.00. The number of carbonyl (C=O) groups is 1. The summed E-state index contributed by atoms with van der Waals surface area (Å²) in [7, 11) is 0. The zero-order valence-corrected chi connectivity index (χ0v) is 15.4. The van der Waals surface area contributed by atoms with Gasteiger partial charge in [-0.3, -0.25) is 9.78 Å². The van der Waals surface area contributed by atoms with E-state index in [9.17, 15) is 4.79 Å². The third-order valence-corrected chi connectivity index (χ3v) is 4.21. The van der Waals surface area contributed by atoms with E-state index in [1.807, 2.05) is 24.3 Å². The van der Waals surface area contributed by atoms with Gasteiger partial charge in [-0.15, -0.1) is 0 Å². The van der Waals surface area contributed by atoms with Crippen molar-refractivity contribution in [3.63, 3.8) is 0 Å². The lowest BCUT2D eigenvalue weighted by atomic mass is 10.2. The van der Waals surface area contributed by atoms with Crippen molar-refractivity contribution in [2.24, 2.45) is 5.92 Å². The largest absolute Gasteiger partial charge is 0.378 e. The van der Waals surface area contributed by atoms with Gasteiger partial charge in [0, 0.05) is 25.8 Å². The van der Waals surface area contributed by atoms with Crippen LogP contribution in [0, 0.1) is 5.92 Å². The number of hydrogen-bond donors (Lipinski definition) is 2. The molecular formula is C20H26N4O2. The lowest BCUT2D eigenvalue weighted by Gasteiger charge is -2.30. The molecule has 1 saturated heterocycles. The van der Waals surface area contributed by atoms with Crippen LogP contribution in [0.5, 0.6) is 0 Å². The number of hydrogen-bond acceptors (Lipinski definition) is 5. The Kier molecular flexibility index (Phi) is 6.07. The van der Waals surface area contributed by atoms with E-state index in [-0.39, 0.29) is 5.91 Å². The first kappa shape index (κ1) is 18.2. The van der Waals surface area contributed by atoms with Gasteiger partial charge in [-0.2, -0.15) is 0 Å². The van der Waals surface area contributed by atoms with Gasteiger partial charge < -0.3 is 20.3 Å². The minimum Gasteiger partial charge on any atom is -0.378 e. The van der Waals surface area contributed by atoms with Crippen LogP contribution < -0.4 is 15.5 Å². The molecule has 0 atom stereocenters. The number of amides is 1. The summed E-state index contributed by atoms with van der Waals surface area (Å²) >= 11 is 0. The van der Waals surface area contributed by atoms with E-state index in [1.165, 1.54) is 0 Å². The van der Waals surface area contributed by atoms with Crippen LogP contribution in [0.15, 0.2) is 42.7 Å². The van der Waals surface area contributed by atoms with Gasteiger partial charge in [0.25, 0.3) is 5.91 Å². The van der Waals surface area contributed by atoms with Gasteiger partial charge >= 0.3 is 0 Å². The van der Waals surface area contributed by atoms with E-state index >= 15 is 0 Å². The maximum Gasteiger partial charge on any atom is 0.252 e. The van der Waals surface area contributed by atoms with Crippen LogP contribution in [0.3, 0.4) is 0 Å². The van der Waals surface area contributed by atoms with E-state index in [0.717, 1.165) is 43.4 Å². The molecule has 26 heavy (non-hydrogen) atoms. The number of ether oxygens (including phenoxy) is 1. The third kappa shape index (κ3) is 4.73. The Morgan fingerprint density at radius 1 is 1.23 bits per heavy atom. The minimum absolute atomic E-state index is 0.101. The van der Waals surface area contributed by atoms with Crippen molar-refractivity contribution < 1.29 is 9.53 Å². The maximum atomic E-state index is 12.3. The van der Waals surface area contributed by atoms with Gasteiger partial charge in [-0.05, 0) is 24.1 Å². The smallest absolute Gasteiger partial charge is 0.252 e. The number of anilines is 3. The van der Waals surface area contributed by atoms with Crippen LogP contribution in [-0.4, -0.2) is 43.7 Å². The van der Waals surface area contributed by atoms with Crippen LogP contribution in [0.1, 0.15) is 24.2 Å². The van der Waals surface area contributed by atoms with Gasteiger partial charge in [0.2, 0.25) is 0 Å². The Hall–Kier alpha value is -2.60. The Balaban J connectivity index is 1.75. The average Bonchev–Trinajstić information content (AvgIpc) is 2.67. The van der Waals surface area contributed by atoms with Gasteiger partial charge in [-0.1, -0.05) is 26.0 Å². The van der Waals surface area contributed by atoms with Gasteiger partial charge in [0.15, 0.2) is 0 Å². The highest BCUT2D eigenvalue weighted by Crippen LogP contribution is 2.29. The molecular weight excluding hydrogens is 328 g/mol. The number of nitrogens with zero attached hydrogens (tertiary/aromatic N) is 2. The van der Waals surface area contributed by atoms with Crippen molar-refractivity contribution in [1.82, 2.24) is 10.3 Å². The van der Waals surface area contributed by atoms with Crippen molar-refractivity contribution in [3.8, 4) is 0 Å². The summed E-state index contributed by atoms with van der Waals surface area (Å²) < 4.78 is 5.44. The summed E-state index contributed by atoms with van der Waals surface area (Å²) in [5, 5.41) is 6.33. The number of benzene rings is 1. The lowest BCUT2D eigenvalue weighted by molar-refractivity contribution is 0.0948. The molecule has 138 valence electrons. The van der Waals surface area contributed by atoms with Crippen molar-refractivity contribution in [2.75, 3.05) is 43.1 Å². The number of pyridine rings is 1. The molecule has 1 amide bonds. The molecule has 0 bridgehead atoms. The zero-order chi connectivity index (χ0) is 18.4. The molecule has 0 saturated carbocycles. The van der Waals surface area contributed by atoms with Crippen LogP contribution in [0.4, 0.5) is 17.1 Å². The van der Waals surface area contributed by atoms with E-state index in [2.05, 4.69) is 40.4 Å². The van der Waals surface area contributed by atoms with Gasteiger partial charge in [0.05, 0.1) is 42.0 Å². The molecule has 3 rings (SSSR count). The van der Waals surface area contributed by atoms with E-state index in [0.29, 0.717) is 18.0 Å². The fraction of sp³-hybridized carbons (Fsp3) is 0.400. The monoisotopic (exact) mass is 354 g/mol. The first-order chi connectivity index (χ1) is 12.6. The molecule has 1 fully saturated rings. The highest BCUT2D eigenvalue weighted by molar-refractivity contribution is 5.95. The first-order valence-corrected chi connectivity index (χ1v) is 9.05. The molecule has 2 aromatic rings. The van der Waals surface area contributed by atoms with Crippen molar-refractivity contribution in [2.45, 2.75) is 13.8 Å². The fourth-order valence-electron chi connectivity index (χ4n) is 2.85. The van der Waals surface area contributed by atoms with E-state index in [1.54, 1.807) is 12.4 Å². The molecule has 1 aliphatic heterocycles. The lowest BCUT2D eigenvalue weighted by Crippen LogP contribution is -2.36.